The quantitative estimate of drug-likeness (QED) is 0.271. The van der Waals surface area contributed by atoms with Crippen LogP contribution in [0.4, 0.5) is 4.79 Å². The van der Waals surface area contributed by atoms with Crippen molar-refractivity contribution in [3.8, 4) is 12.3 Å². The highest BCUT2D eigenvalue weighted by Crippen LogP contribution is 2.39. The third-order valence-electron chi connectivity index (χ3n) is 6.90. The van der Waals surface area contributed by atoms with E-state index in [2.05, 4.69) is 21.9 Å². The van der Waals surface area contributed by atoms with Gasteiger partial charge in [0.1, 0.15) is 6.04 Å². The number of carbonyl (C=O) groups excluding carboxylic acids is 5. The van der Waals surface area contributed by atoms with Crippen molar-refractivity contribution < 1.29 is 24.0 Å². The number of nitrogens with one attached hydrogen (secondary N) is 3. The Balaban J connectivity index is 2.12. The van der Waals surface area contributed by atoms with Gasteiger partial charge in [-0.25, -0.2) is 4.79 Å². The number of hydrogen-bond donors (Lipinski definition) is 3. The largest absolute Gasteiger partial charge is 0.345 e. The molecule has 1 aliphatic heterocycles. The van der Waals surface area contributed by atoms with Crippen molar-refractivity contribution in [2.24, 2.45) is 11.3 Å². The van der Waals surface area contributed by atoms with Crippen LogP contribution in [0.15, 0.2) is 0 Å². The molecule has 4 amide bonds. The Kier molecular flexibility index (Phi) is 9.89. The Bertz CT molecular complexity index is 784. The SMILES string of the molecule is C#CCCC(NC(=O)C1CCCN(C(=O)C(NC(=O)NC)C2(C)CCCCC2)C1)C(=O)C=O. The van der Waals surface area contributed by atoms with E-state index < -0.39 is 29.8 Å². The molecule has 2 fully saturated rings. The van der Waals surface area contributed by atoms with Crippen LogP contribution in [0.1, 0.15) is 64.7 Å². The van der Waals surface area contributed by atoms with E-state index in [9.17, 15) is 24.0 Å². The van der Waals surface area contributed by atoms with Crippen LogP contribution in [0, 0.1) is 23.7 Å². The monoisotopic (exact) mass is 460 g/mol. The van der Waals surface area contributed by atoms with Crippen molar-refractivity contribution in [3.63, 3.8) is 0 Å². The van der Waals surface area contributed by atoms with Gasteiger partial charge in [0.15, 0.2) is 6.29 Å². The molecule has 9 heteroatoms. The van der Waals surface area contributed by atoms with Gasteiger partial charge in [-0.05, 0) is 37.5 Å². The summed E-state index contributed by atoms with van der Waals surface area (Å²) < 4.78 is 0. The Morgan fingerprint density at radius 3 is 2.45 bits per heavy atom. The van der Waals surface area contributed by atoms with Gasteiger partial charge < -0.3 is 20.9 Å². The smallest absolute Gasteiger partial charge is 0.315 e. The summed E-state index contributed by atoms with van der Waals surface area (Å²) in [5.74, 6) is 0.625. The molecule has 3 N–H and O–H groups in total. The number of ketones is 1. The van der Waals surface area contributed by atoms with E-state index in [1.54, 1.807) is 4.90 Å². The molecule has 182 valence electrons. The van der Waals surface area contributed by atoms with Crippen molar-refractivity contribution in [3.05, 3.63) is 0 Å². The van der Waals surface area contributed by atoms with Gasteiger partial charge in [0, 0.05) is 26.6 Å². The van der Waals surface area contributed by atoms with E-state index in [-0.39, 0.29) is 42.9 Å². The van der Waals surface area contributed by atoms with Gasteiger partial charge in [0.05, 0.1) is 12.0 Å². The number of amides is 4. The predicted octanol–water partition coefficient (Wildman–Crippen LogP) is 1.16. The number of terminal acetylenes is 1. The summed E-state index contributed by atoms with van der Waals surface area (Å²) in [5.41, 5.74) is -0.353. The van der Waals surface area contributed by atoms with Crippen LogP contribution in [0.3, 0.4) is 0 Å². The van der Waals surface area contributed by atoms with Crippen LogP contribution < -0.4 is 16.0 Å². The second-order valence-corrected chi connectivity index (χ2v) is 9.32. The highest BCUT2D eigenvalue weighted by molar-refractivity contribution is 6.27. The summed E-state index contributed by atoms with van der Waals surface area (Å²) in [5, 5.41) is 8.02. The molecule has 0 aromatic carbocycles. The van der Waals surface area contributed by atoms with Gasteiger partial charge in [0.25, 0.3) is 0 Å². The van der Waals surface area contributed by atoms with Crippen LogP contribution in [-0.2, 0) is 19.2 Å². The minimum absolute atomic E-state index is 0.186. The number of aldehydes is 1. The lowest BCUT2D eigenvalue weighted by atomic mass is 9.70. The van der Waals surface area contributed by atoms with E-state index in [1.807, 2.05) is 6.92 Å². The van der Waals surface area contributed by atoms with Crippen LogP contribution >= 0.6 is 0 Å². The third kappa shape index (κ3) is 7.04. The summed E-state index contributed by atoms with van der Waals surface area (Å²) in [6, 6.07) is -2.05. The molecule has 1 heterocycles. The molecule has 33 heavy (non-hydrogen) atoms. The summed E-state index contributed by atoms with van der Waals surface area (Å²) in [6.45, 7) is 2.74. The number of likely N-dealkylation sites (tertiary alicyclic amines) is 1. The molecule has 0 aromatic heterocycles. The molecule has 0 spiro atoms. The summed E-state index contributed by atoms with van der Waals surface area (Å²) in [4.78, 5) is 63.0. The average molecular weight is 461 g/mol. The molecule has 3 atom stereocenters. The normalized spacial score (nSPS) is 21.6. The Labute approximate surface area is 195 Å². The minimum atomic E-state index is -0.957. The molecule has 2 rings (SSSR count). The van der Waals surface area contributed by atoms with Gasteiger partial charge in [-0.2, -0.15) is 0 Å². The second-order valence-electron chi connectivity index (χ2n) is 9.32. The zero-order valence-electron chi connectivity index (χ0n) is 19.7. The highest BCUT2D eigenvalue weighted by atomic mass is 16.2. The van der Waals surface area contributed by atoms with Gasteiger partial charge in [-0.15, -0.1) is 12.3 Å². The Morgan fingerprint density at radius 2 is 1.85 bits per heavy atom. The zero-order valence-corrected chi connectivity index (χ0v) is 19.7. The Hall–Kier alpha value is -2.89. The van der Waals surface area contributed by atoms with Gasteiger partial charge in [-0.3, -0.25) is 19.2 Å². The number of piperidine rings is 1. The predicted molar refractivity (Wildman–Crippen MR) is 123 cm³/mol. The fourth-order valence-corrected chi connectivity index (χ4v) is 4.84. The molecule has 2 aliphatic rings. The minimum Gasteiger partial charge on any atom is -0.345 e. The number of carbonyl (C=O) groups is 5. The fraction of sp³-hybridized carbons (Fsp3) is 0.708. The van der Waals surface area contributed by atoms with Crippen molar-refractivity contribution in [2.45, 2.75) is 76.8 Å². The number of urea groups is 1. The molecule has 0 bridgehead atoms. The number of Topliss-reactive ketones (excluding diaryl/α,β-unsaturated/α-hetero) is 1. The summed E-state index contributed by atoms with van der Waals surface area (Å²) in [6.07, 6.45) is 11.9. The number of nitrogens with zero attached hydrogens (tertiary/aromatic N) is 1. The van der Waals surface area contributed by atoms with E-state index in [0.717, 1.165) is 32.1 Å². The first-order valence-electron chi connectivity index (χ1n) is 11.8. The highest BCUT2D eigenvalue weighted by Gasteiger charge is 2.43. The molecule has 0 aromatic rings. The maximum atomic E-state index is 13.6. The van der Waals surface area contributed by atoms with Crippen LogP contribution in [0.25, 0.3) is 0 Å². The topological polar surface area (TPSA) is 125 Å². The lowest BCUT2D eigenvalue weighted by molar-refractivity contribution is -0.141. The van der Waals surface area contributed by atoms with Crippen LogP contribution in [-0.4, -0.2) is 67.0 Å². The first-order valence-corrected chi connectivity index (χ1v) is 11.8. The molecule has 3 unspecified atom stereocenters. The maximum absolute atomic E-state index is 13.6. The molecule has 1 saturated heterocycles. The lowest BCUT2D eigenvalue weighted by Crippen LogP contribution is -2.60. The lowest BCUT2D eigenvalue weighted by Gasteiger charge is -2.43. The van der Waals surface area contributed by atoms with Gasteiger partial charge in [-0.1, -0.05) is 26.2 Å². The number of hydrogen-bond acceptors (Lipinski definition) is 5. The van der Waals surface area contributed by atoms with E-state index >= 15 is 0 Å². The van der Waals surface area contributed by atoms with Crippen molar-refractivity contribution in [2.75, 3.05) is 20.1 Å². The van der Waals surface area contributed by atoms with Gasteiger partial charge in [0.2, 0.25) is 17.6 Å². The molecule has 0 radical (unpaired) electrons. The van der Waals surface area contributed by atoms with Crippen LogP contribution in [0.5, 0.6) is 0 Å². The van der Waals surface area contributed by atoms with Crippen molar-refractivity contribution in [1.82, 2.24) is 20.9 Å². The van der Waals surface area contributed by atoms with E-state index in [1.165, 1.54) is 7.05 Å². The fourth-order valence-electron chi connectivity index (χ4n) is 4.84. The molecule has 1 aliphatic carbocycles. The summed E-state index contributed by atoms with van der Waals surface area (Å²) >= 11 is 0. The molecular weight excluding hydrogens is 424 g/mol. The van der Waals surface area contributed by atoms with Crippen molar-refractivity contribution in [1.29, 1.82) is 0 Å². The average Bonchev–Trinajstić information content (AvgIpc) is 2.84. The molecule has 1 saturated carbocycles. The Morgan fingerprint density at radius 1 is 1.15 bits per heavy atom. The third-order valence-corrected chi connectivity index (χ3v) is 6.90. The maximum Gasteiger partial charge on any atom is 0.315 e. The van der Waals surface area contributed by atoms with Crippen molar-refractivity contribution >= 4 is 29.9 Å². The first-order chi connectivity index (χ1) is 15.8. The zero-order chi connectivity index (χ0) is 24.4. The molecular formula is C24H36N4O5. The second kappa shape index (κ2) is 12.4. The first kappa shape index (κ1) is 26.4. The summed E-state index contributed by atoms with van der Waals surface area (Å²) in [7, 11) is 1.51. The van der Waals surface area contributed by atoms with E-state index in [4.69, 9.17) is 6.42 Å². The van der Waals surface area contributed by atoms with Crippen LogP contribution in [0.2, 0.25) is 0 Å². The standard InChI is InChI=1S/C24H36N4O5/c1-4-5-11-18(19(30)16-29)26-21(31)17-10-9-14-28(15-17)22(32)20(27-23(33)25-3)24(2)12-7-6-8-13-24/h1,16-18,20H,5-15H2,2-3H3,(H,26,31)(H2,25,27,33). The van der Waals surface area contributed by atoms with E-state index in [0.29, 0.717) is 19.4 Å². The van der Waals surface area contributed by atoms with Gasteiger partial charge >= 0.3 is 6.03 Å². The molecule has 9 nitrogen and oxygen atoms in total. The number of rotatable bonds is 9.